The Morgan fingerprint density at radius 1 is 0.964 bits per heavy atom. The van der Waals surface area contributed by atoms with Crippen LogP contribution in [0, 0.1) is 16.7 Å². The molecule has 0 saturated heterocycles. The Morgan fingerprint density at radius 2 is 1.50 bits per heavy atom. The minimum absolute atomic E-state index is 0.0949. The van der Waals surface area contributed by atoms with Gasteiger partial charge in [0.1, 0.15) is 5.60 Å². The molecule has 0 amide bonds. The molecule has 1 aliphatic rings. The lowest BCUT2D eigenvalue weighted by molar-refractivity contribution is -0.194. The van der Waals surface area contributed by atoms with Gasteiger partial charge in [0.05, 0.1) is 12.3 Å². The summed E-state index contributed by atoms with van der Waals surface area (Å²) < 4.78 is 47.3. The van der Waals surface area contributed by atoms with E-state index in [0.29, 0.717) is 19.3 Å². The molecule has 4 nitrogen and oxygen atoms in total. The molecule has 7 heteroatoms. The first-order chi connectivity index (χ1) is 12.5. The number of alkyl halides is 3. The fourth-order valence-electron chi connectivity index (χ4n) is 3.63. The maximum Gasteiger partial charge on any atom is 0.422 e. The number of esters is 2. The quantitative estimate of drug-likeness (QED) is 0.519. The molecule has 0 aliphatic heterocycles. The molecule has 1 unspecified atom stereocenters. The van der Waals surface area contributed by atoms with E-state index >= 15 is 0 Å². The smallest absolute Gasteiger partial charge is 0.422 e. The first-order valence-electron chi connectivity index (χ1n) is 9.98. The predicted octanol–water partition coefficient (Wildman–Crippen LogP) is 5.83. The molecule has 1 aliphatic carbocycles. The van der Waals surface area contributed by atoms with Crippen LogP contribution in [0.2, 0.25) is 0 Å². The average Bonchev–Trinajstić information content (AvgIpc) is 2.49. The van der Waals surface area contributed by atoms with Crippen LogP contribution in [-0.4, -0.2) is 30.3 Å². The normalized spacial score (nSPS) is 19.0. The fraction of sp³-hybridized carbons (Fsp3) is 0.905. The zero-order chi connectivity index (χ0) is 21.8. The Hall–Kier alpha value is -1.27. The van der Waals surface area contributed by atoms with E-state index in [4.69, 9.17) is 4.74 Å². The van der Waals surface area contributed by atoms with Gasteiger partial charge in [-0.3, -0.25) is 9.59 Å². The van der Waals surface area contributed by atoms with Crippen LogP contribution < -0.4 is 0 Å². The molecule has 0 spiro atoms. The van der Waals surface area contributed by atoms with E-state index in [1.165, 1.54) is 0 Å². The summed E-state index contributed by atoms with van der Waals surface area (Å²) in [4.78, 5) is 25.1. The molecular weight excluding hydrogens is 373 g/mol. The molecule has 164 valence electrons. The van der Waals surface area contributed by atoms with Crippen molar-refractivity contribution >= 4 is 11.9 Å². The van der Waals surface area contributed by atoms with Crippen molar-refractivity contribution in [2.24, 2.45) is 16.7 Å². The number of carbonyl (C=O) groups excluding carboxylic acids is 2. The zero-order valence-corrected chi connectivity index (χ0v) is 18.0. The van der Waals surface area contributed by atoms with Gasteiger partial charge in [-0.1, -0.05) is 48.0 Å². The third-order valence-corrected chi connectivity index (χ3v) is 5.09. The van der Waals surface area contributed by atoms with Crippen LogP contribution in [0.15, 0.2) is 0 Å². The van der Waals surface area contributed by atoms with Gasteiger partial charge < -0.3 is 9.47 Å². The Labute approximate surface area is 166 Å². The SMILES string of the molecule is CC(C)(C)CC(C(=O)OC1(CC(=O)OCC(F)(F)F)CCCCC1)C(C)(C)C. The molecule has 28 heavy (non-hydrogen) atoms. The highest BCUT2D eigenvalue weighted by molar-refractivity contribution is 5.76. The van der Waals surface area contributed by atoms with Crippen LogP contribution in [0.4, 0.5) is 13.2 Å². The summed E-state index contributed by atoms with van der Waals surface area (Å²) in [7, 11) is 0. The summed E-state index contributed by atoms with van der Waals surface area (Å²) in [6.45, 7) is 10.4. The van der Waals surface area contributed by atoms with Gasteiger partial charge in [-0.2, -0.15) is 13.2 Å². The van der Waals surface area contributed by atoms with Crippen LogP contribution in [0.3, 0.4) is 0 Å². The van der Waals surface area contributed by atoms with Crippen molar-refractivity contribution in [3.8, 4) is 0 Å². The number of hydrogen-bond donors (Lipinski definition) is 0. The van der Waals surface area contributed by atoms with Gasteiger partial charge in [0.25, 0.3) is 0 Å². The van der Waals surface area contributed by atoms with E-state index in [0.717, 1.165) is 19.3 Å². The van der Waals surface area contributed by atoms with Crippen LogP contribution in [-0.2, 0) is 19.1 Å². The summed E-state index contributed by atoms with van der Waals surface area (Å²) in [5, 5.41) is 0. The summed E-state index contributed by atoms with van der Waals surface area (Å²) >= 11 is 0. The molecular formula is C21H35F3O4. The van der Waals surface area contributed by atoms with Crippen molar-refractivity contribution in [3.63, 3.8) is 0 Å². The first-order valence-corrected chi connectivity index (χ1v) is 9.98. The lowest BCUT2D eigenvalue weighted by Gasteiger charge is -2.40. The van der Waals surface area contributed by atoms with Crippen molar-refractivity contribution in [2.45, 2.75) is 98.3 Å². The van der Waals surface area contributed by atoms with Gasteiger partial charge in [0.15, 0.2) is 6.61 Å². The van der Waals surface area contributed by atoms with Crippen molar-refractivity contribution in [2.75, 3.05) is 6.61 Å². The molecule has 0 heterocycles. The van der Waals surface area contributed by atoms with Crippen molar-refractivity contribution < 1.29 is 32.2 Å². The lowest BCUT2D eigenvalue weighted by Crippen LogP contribution is -2.44. The van der Waals surface area contributed by atoms with Crippen molar-refractivity contribution in [1.82, 2.24) is 0 Å². The number of carbonyl (C=O) groups is 2. The molecule has 0 radical (unpaired) electrons. The Bertz CT molecular complexity index is 535. The van der Waals surface area contributed by atoms with E-state index in [1.807, 2.05) is 41.5 Å². The van der Waals surface area contributed by atoms with Gasteiger partial charge in [0, 0.05) is 0 Å². The summed E-state index contributed by atoms with van der Waals surface area (Å²) in [6, 6.07) is 0. The monoisotopic (exact) mass is 408 g/mol. The molecule has 0 bridgehead atoms. The molecule has 1 saturated carbocycles. The third-order valence-electron chi connectivity index (χ3n) is 5.09. The molecule has 0 aromatic heterocycles. The fourth-order valence-corrected chi connectivity index (χ4v) is 3.63. The van der Waals surface area contributed by atoms with E-state index in [2.05, 4.69) is 4.74 Å². The van der Waals surface area contributed by atoms with E-state index in [-0.39, 0.29) is 29.1 Å². The first kappa shape index (κ1) is 24.8. The van der Waals surface area contributed by atoms with Crippen LogP contribution >= 0.6 is 0 Å². The van der Waals surface area contributed by atoms with Crippen molar-refractivity contribution in [1.29, 1.82) is 0 Å². The van der Waals surface area contributed by atoms with Gasteiger partial charge in [-0.25, -0.2) is 0 Å². The molecule has 0 N–H and O–H groups in total. The number of halogens is 3. The summed E-state index contributed by atoms with van der Waals surface area (Å²) in [6.07, 6.45) is -0.889. The van der Waals surface area contributed by atoms with Crippen molar-refractivity contribution in [3.05, 3.63) is 0 Å². The minimum Gasteiger partial charge on any atom is -0.458 e. The molecule has 1 fully saturated rings. The second-order valence-corrected chi connectivity index (χ2v) is 10.3. The topological polar surface area (TPSA) is 52.6 Å². The molecule has 0 aromatic carbocycles. The zero-order valence-electron chi connectivity index (χ0n) is 18.0. The summed E-state index contributed by atoms with van der Waals surface area (Å²) in [5.41, 5.74) is -1.50. The Balaban J connectivity index is 2.94. The highest BCUT2D eigenvalue weighted by atomic mass is 19.4. The number of rotatable bonds is 6. The van der Waals surface area contributed by atoms with Gasteiger partial charge in [0.2, 0.25) is 0 Å². The standard InChI is InChI=1S/C21H35F3O4/c1-18(2,3)12-15(19(4,5)6)17(26)28-20(10-8-7-9-11-20)13-16(25)27-14-21(22,23)24/h15H,7-14H2,1-6H3. The Morgan fingerprint density at radius 3 is 1.93 bits per heavy atom. The van der Waals surface area contributed by atoms with Crippen LogP contribution in [0.5, 0.6) is 0 Å². The van der Waals surface area contributed by atoms with Crippen LogP contribution in [0.25, 0.3) is 0 Å². The van der Waals surface area contributed by atoms with Gasteiger partial charge in [-0.15, -0.1) is 0 Å². The average molecular weight is 409 g/mol. The van der Waals surface area contributed by atoms with Gasteiger partial charge >= 0.3 is 18.1 Å². The van der Waals surface area contributed by atoms with E-state index < -0.39 is 24.4 Å². The molecule has 0 aromatic rings. The maximum atomic E-state index is 13.1. The minimum atomic E-state index is -4.57. The largest absolute Gasteiger partial charge is 0.458 e. The van der Waals surface area contributed by atoms with Crippen LogP contribution in [0.1, 0.15) is 86.5 Å². The molecule has 1 atom stereocenters. The second kappa shape index (κ2) is 9.04. The lowest BCUT2D eigenvalue weighted by atomic mass is 9.72. The van der Waals surface area contributed by atoms with Gasteiger partial charge in [-0.05, 0) is 42.9 Å². The highest BCUT2D eigenvalue weighted by Crippen LogP contribution is 2.41. The Kier molecular flexibility index (Phi) is 7.99. The number of hydrogen-bond acceptors (Lipinski definition) is 4. The van der Waals surface area contributed by atoms with E-state index in [1.54, 1.807) is 0 Å². The molecule has 1 rings (SSSR count). The second-order valence-electron chi connectivity index (χ2n) is 10.3. The number of ether oxygens (including phenoxy) is 2. The highest BCUT2D eigenvalue weighted by Gasteiger charge is 2.44. The third kappa shape index (κ3) is 8.82. The maximum absolute atomic E-state index is 13.1. The predicted molar refractivity (Wildman–Crippen MR) is 101 cm³/mol. The summed E-state index contributed by atoms with van der Waals surface area (Å²) in [5.74, 6) is -1.74. The van der Waals surface area contributed by atoms with E-state index in [9.17, 15) is 22.8 Å².